The smallest absolute Gasteiger partial charge is 0.383 e. The quantitative estimate of drug-likeness (QED) is 0.265. The Bertz CT molecular complexity index is 1780. The van der Waals surface area contributed by atoms with Crippen molar-refractivity contribution in [1.29, 1.82) is 0 Å². The molecular weight excluding hydrogens is 597 g/mol. The van der Waals surface area contributed by atoms with Crippen molar-refractivity contribution in [3.8, 4) is 11.3 Å². The molecule has 1 saturated carbocycles. The number of nitrogens with zero attached hydrogens (tertiary/aromatic N) is 5. The van der Waals surface area contributed by atoms with Gasteiger partial charge in [-0.05, 0) is 63.4 Å². The maximum atomic E-state index is 13.1. The molecule has 4 aromatic rings. The zero-order valence-electron chi connectivity index (χ0n) is 25.3. The summed E-state index contributed by atoms with van der Waals surface area (Å²) in [7, 11) is 2.01. The van der Waals surface area contributed by atoms with Crippen LogP contribution in [0.1, 0.15) is 66.1 Å². The molecular formula is C33H35F3N8O2. The number of carbonyl (C=O) groups excluding carboxylic acids is 2. The molecule has 2 bridgehead atoms. The van der Waals surface area contributed by atoms with Gasteiger partial charge in [0.25, 0.3) is 5.91 Å². The van der Waals surface area contributed by atoms with Gasteiger partial charge in [0.15, 0.2) is 0 Å². The third-order valence-corrected chi connectivity index (χ3v) is 8.59. The van der Waals surface area contributed by atoms with Crippen LogP contribution in [0.4, 0.5) is 24.8 Å². The summed E-state index contributed by atoms with van der Waals surface area (Å²) in [5, 5.41) is 11.5. The molecule has 1 aliphatic carbocycles. The van der Waals surface area contributed by atoms with Gasteiger partial charge < -0.3 is 21.3 Å². The standard InChI is InChI=1S/C33H35F3N8O2/c1-43-15-3-2-5-22-19-39-31(37)28-29(42-44(30(22)28)25-7-4-6-24(18-25)40-27(45)13-16-43)20-8-10-21(11-9-20)32(46)41-26-17-23(12-14-38-26)33(34,35)36/h2,5,8-12,14,17,19,24-25H,3-4,6-7,13,15-16,18H2,1H3,(H2,37,39)(H,40,45)(H,38,41,46)/b5-2+/t24-,25-/m1/s1. The van der Waals surface area contributed by atoms with Gasteiger partial charge in [0.2, 0.25) is 5.91 Å². The van der Waals surface area contributed by atoms with Crippen molar-refractivity contribution in [3.63, 3.8) is 0 Å². The highest BCUT2D eigenvalue weighted by atomic mass is 19.4. The lowest BCUT2D eigenvalue weighted by molar-refractivity contribution is -0.137. The van der Waals surface area contributed by atoms with Crippen LogP contribution < -0.4 is 16.4 Å². The Balaban J connectivity index is 1.35. The first-order chi connectivity index (χ1) is 22.1. The Labute approximate surface area is 263 Å². The molecule has 3 aromatic heterocycles. The number of benzene rings is 1. The van der Waals surface area contributed by atoms with Crippen molar-refractivity contribution in [1.82, 2.24) is 30.0 Å². The third kappa shape index (κ3) is 6.74. The van der Waals surface area contributed by atoms with Crippen LogP contribution in [0.3, 0.4) is 0 Å². The van der Waals surface area contributed by atoms with Crippen molar-refractivity contribution in [2.45, 2.75) is 56.8 Å². The summed E-state index contributed by atoms with van der Waals surface area (Å²) in [6, 6.07) is 8.31. The number of alkyl halides is 3. The molecule has 2 amide bonds. The molecule has 46 heavy (non-hydrogen) atoms. The first-order valence-electron chi connectivity index (χ1n) is 15.3. The summed E-state index contributed by atoms with van der Waals surface area (Å²) in [4.78, 5) is 36.1. The summed E-state index contributed by atoms with van der Waals surface area (Å²) < 4.78 is 41.4. The van der Waals surface area contributed by atoms with Crippen LogP contribution in [0.15, 0.2) is 54.9 Å². The van der Waals surface area contributed by atoms with Crippen LogP contribution in [0.5, 0.6) is 0 Å². The molecule has 240 valence electrons. The van der Waals surface area contributed by atoms with Crippen LogP contribution >= 0.6 is 0 Å². The van der Waals surface area contributed by atoms with E-state index in [0.29, 0.717) is 35.4 Å². The molecule has 4 N–H and O–H groups in total. The van der Waals surface area contributed by atoms with Gasteiger partial charge >= 0.3 is 6.18 Å². The third-order valence-electron chi connectivity index (χ3n) is 8.59. The van der Waals surface area contributed by atoms with E-state index in [2.05, 4.69) is 31.6 Å². The molecule has 0 spiro atoms. The van der Waals surface area contributed by atoms with Crippen LogP contribution in [-0.2, 0) is 11.0 Å². The first-order valence-corrected chi connectivity index (χ1v) is 15.3. The Morgan fingerprint density at radius 3 is 2.70 bits per heavy atom. The summed E-state index contributed by atoms with van der Waals surface area (Å²) >= 11 is 0. The lowest BCUT2D eigenvalue weighted by atomic mass is 9.90. The minimum absolute atomic E-state index is 0.0158. The normalized spacial score (nSPS) is 20.4. The van der Waals surface area contributed by atoms with Gasteiger partial charge in [-0.2, -0.15) is 18.3 Å². The average molecular weight is 633 g/mol. The largest absolute Gasteiger partial charge is 0.416 e. The van der Waals surface area contributed by atoms with Gasteiger partial charge in [0, 0.05) is 54.6 Å². The highest BCUT2D eigenvalue weighted by Gasteiger charge is 2.31. The summed E-state index contributed by atoms with van der Waals surface area (Å²) in [6.45, 7) is 1.49. The average Bonchev–Trinajstić information content (AvgIpc) is 3.44. The Kier molecular flexibility index (Phi) is 8.76. The number of pyridine rings is 2. The molecule has 10 nitrogen and oxygen atoms in total. The second kappa shape index (κ2) is 12.9. The topological polar surface area (TPSA) is 131 Å². The number of carbonyl (C=O) groups is 2. The van der Waals surface area contributed by atoms with E-state index in [-0.39, 0.29) is 29.4 Å². The van der Waals surface area contributed by atoms with Crippen molar-refractivity contribution in [2.24, 2.45) is 0 Å². The number of nitrogens with two attached hydrogens (primary N) is 1. The lowest BCUT2D eigenvalue weighted by Gasteiger charge is -2.30. The first kappa shape index (κ1) is 31.2. The summed E-state index contributed by atoms with van der Waals surface area (Å²) in [6.07, 6.45) is 7.03. The molecule has 13 heteroatoms. The Hall–Kier alpha value is -4.78. The molecule has 0 saturated heterocycles. The van der Waals surface area contributed by atoms with E-state index in [4.69, 9.17) is 10.8 Å². The van der Waals surface area contributed by atoms with E-state index >= 15 is 0 Å². The molecule has 0 unspecified atom stereocenters. The van der Waals surface area contributed by atoms with Crippen LogP contribution in [0, 0.1) is 0 Å². The number of hydrogen-bond acceptors (Lipinski definition) is 7. The van der Waals surface area contributed by atoms with Crippen LogP contribution in [0.2, 0.25) is 0 Å². The number of nitrogen functional groups attached to an aromatic ring is 1. The van der Waals surface area contributed by atoms with Gasteiger partial charge in [-0.25, -0.2) is 9.97 Å². The summed E-state index contributed by atoms with van der Waals surface area (Å²) in [5.74, 6) is -0.427. The van der Waals surface area contributed by atoms with Gasteiger partial charge in [0.1, 0.15) is 17.3 Å². The zero-order valence-corrected chi connectivity index (χ0v) is 25.3. The molecule has 4 heterocycles. The van der Waals surface area contributed by atoms with Crippen molar-refractivity contribution < 1.29 is 22.8 Å². The number of rotatable bonds is 3. The van der Waals surface area contributed by atoms with E-state index in [0.717, 1.165) is 68.1 Å². The number of halogens is 3. The lowest BCUT2D eigenvalue weighted by Crippen LogP contribution is -2.40. The monoisotopic (exact) mass is 632 g/mol. The fourth-order valence-corrected chi connectivity index (χ4v) is 6.18. The fraction of sp³-hybridized carbons (Fsp3) is 0.364. The molecule has 0 radical (unpaired) electrons. The van der Waals surface area contributed by atoms with E-state index in [1.165, 1.54) is 0 Å². The van der Waals surface area contributed by atoms with E-state index in [1.54, 1.807) is 30.5 Å². The number of amides is 2. The van der Waals surface area contributed by atoms with Crippen molar-refractivity contribution in [2.75, 3.05) is 31.2 Å². The predicted octanol–water partition coefficient (Wildman–Crippen LogP) is 5.69. The van der Waals surface area contributed by atoms with Gasteiger partial charge in [-0.3, -0.25) is 14.3 Å². The van der Waals surface area contributed by atoms with E-state index in [1.807, 2.05) is 17.8 Å². The highest BCUT2D eigenvalue weighted by molar-refractivity contribution is 6.06. The number of anilines is 2. The molecule has 1 aromatic carbocycles. The van der Waals surface area contributed by atoms with Gasteiger partial charge in [-0.1, -0.05) is 24.3 Å². The van der Waals surface area contributed by atoms with E-state index in [9.17, 15) is 22.8 Å². The fourth-order valence-electron chi connectivity index (χ4n) is 6.18. The number of nitrogens with one attached hydrogen (secondary N) is 2. The second-order valence-corrected chi connectivity index (χ2v) is 11.9. The van der Waals surface area contributed by atoms with Crippen molar-refractivity contribution in [3.05, 3.63) is 71.6 Å². The number of fused-ring (bicyclic) bond motifs is 3. The van der Waals surface area contributed by atoms with Crippen LogP contribution in [0.25, 0.3) is 28.2 Å². The predicted molar refractivity (Wildman–Crippen MR) is 170 cm³/mol. The summed E-state index contributed by atoms with van der Waals surface area (Å²) in [5.41, 5.74) is 8.88. The minimum Gasteiger partial charge on any atom is -0.383 e. The minimum atomic E-state index is -4.56. The Morgan fingerprint density at radius 2 is 1.91 bits per heavy atom. The second-order valence-electron chi connectivity index (χ2n) is 11.9. The molecule has 1 fully saturated rings. The number of hydrogen-bond donors (Lipinski definition) is 3. The van der Waals surface area contributed by atoms with Crippen LogP contribution in [-0.4, -0.2) is 62.6 Å². The molecule has 1 aliphatic heterocycles. The Morgan fingerprint density at radius 1 is 1.11 bits per heavy atom. The maximum absolute atomic E-state index is 13.1. The number of aromatic nitrogens is 4. The maximum Gasteiger partial charge on any atom is 0.416 e. The van der Waals surface area contributed by atoms with Gasteiger partial charge in [0.05, 0.1) is 22.5 Å². The van der Waals surface area contributed by atoms with E-state index < -0.39 is 17.6 Å². The van der Waals surface area contributed by atoms with Gasteiger partial charge in [-0.15, -0.1) is 0 Å². The molecule has 2 aliphatic rings. The molecule has 6 rings (SSSR count). The highest BCUT2D eigenvalue weighted by Crippen LogP contribution is 2.39. The SMILES string of the molecule is CN1CC/C=C/c2cnc(N)c3c(-c4ccc(C(=O)Nc5cc(C(F)(F)F)ccn5)cc4)nn(c23)[C@@H]2CCC[C@H](C2)NC(=O)CC1. The zero-order chi connectivity index (χ0) is 32.4. The van der Waals surface area contributed by atoms with Crippen molar-refractivity contribution >= 4 is 40.4 Å². The molecule has 2 atom stereocenters.